The number of hydrogen-bond donors (Lipinski definition) is 2. The smallest absolute Gasteiger partial charge is 0.234 e. The van der Waals surface area contributed by atoms with Gasteiger partial charge in [0.2, 0.25) is 5.88 Å². The van der Waals surface area contributed by atoms with Crippen LogP contribution < -0.4 is 10.1 Å². The number of hydrogen-bond acceptors (Lipinski definition) is 8. The summed E-state index contributed by atoms with van der Waals surface area (Å²) in [6.45, 7) is 1.63. The molecular weight excluding hydrogens is 327 g/mol. The molecule has 0 aliphatic carbocycles. The van der Waals surface area contributed by atoms with Crippen molar-refractivity contribution in [2.24, 2.45) is 0 Å². The van der Waals surface area contributed by atoms with Gasteiger partial charge in [-0.25, -0.2) is 14.4 Å². The standard InChI is InChI=1S/C16H21FN6O2/c17-13-3-14(23(10-13)9-12-4-19-11-20-5-12)6-21-15-7-18-8-16(22-15)25-2-1-24/h4-5,7-8,11,13-14,24H,1-3,6,9-10H2,(H,21,22)/t13-,14-/m0/s1. The molecule has 2 aromatic heterocycles. The average Bonchev–Trinajstić information content (AvgIpc) is 2.98. The fourth-order valence-electron chi connectivity index (χ4n) is 2.85. The molecule has 1 saturated heterocycles. The predicted octanol–water partition coefficient (Wildman–Crippen LogP) is 0.662. The highest BCUT2D eigenvalue weighted by Gasteiger charge is 2.31. The SMILES string of the molecule is OCCOc1cncc(NC[C@@H]2C[C@H](F)CN2Cc2cncnc2)n1. The van der Waals surface area contributed by atoms with Crippen LogP contribution in [0.25, 0.3) is 0 Å². The summed E-state index contributed by atoms with van der Waals surface area (Å²) in [7, 11) is 0. The third-order valence-corrected chi connectivity index (χ3v) is 3.95. The van der Waals surface area contributed by atoms with E-state index in [0.29, 0.717) is 37.8 Å². The molecule has 3 rings (SSSR count). The second-order valence-corrected chi connectivity index (χ2v) is 5.86. The molecule has 0 bridgehead atoms. The quantitative estimate of drug-likeness (QED) is 0.718. The molecule has 1 aliphatic heterocycles. The summed E-state index contributed by atoms with van der Waals surface area (Å²) in [4.78, 5) is 18.4. The van der Waals surface area contributed by atoms with Crippen LogP contribution in [-0.2, 0) is 6.54 Å². The summed E-state index contributed by atoms with van der Waals surface area (Å²) in [6, 6.07) is 0.0408. The molecule has 0 saturated carbocycles. The molecule has 2 atom stereocenters. The van der Waals surface area contributed by atoms with Crippen LogP contribution in [0.15, 0.2) is 31.1 Å². The second-order valence-electron chi connectivity index (χ2n) is 5.86. The molecule has 2 aromatic rings. The number of likely N-dealkylation sites (tertiary alicyclic amines) is 1. The first-order valence-corrected chi connectivity index (χ1v) is 8.16. The van der Waals surface area contributed by atoms with E-state index in [1.807, 2.05) is 0 Å². The lowest BCUT2D eigenvalue weighted by molar-refractivity contribution is 0.196. The maximum absolute atomic E-state index is 13.9. The van der Waals surface area contributed by atoms with Crippen molar-refractivity contribution in [3.63, 3.8) is 0 Å². The van der Waals surface area contributed by atoms with Crippen LogP contribution in [0.5, 0.6) is 5.88 Å². The number of ether oxygens (including phenoxy) is 1. The Labute approximate surface area is 145 Å². The molecular formula is C16H21FN6O2. The molecule has 1 aliphatic rings. The molecule has 2 N–H and O–H groups in total. The number of aliphatic hydroxyl groups excluding tert-OH is 1. The minimum atomic E-state index is -0.846. The van der Waals surface area contributed by atoms with Crippen molar-refractivity contribution in [3.8, 4) is 5.88 Å². The molecule has 0 spiro atoms. The molecule has 3 heterocycles. The van der Waals surface area contributed by atoms with Crippen molar-refractivity contribution in [2.75, 3.05) is 31.6 Å². The van der Waals surface area contributed by atoms with Crippen molar-refractivity contribution in [1.29, 1.82) is 0 Å². The van der Waals surface area contributed by atoms with Gasteiger partial charge in [0, 0.05) is 43.6 Å². The molecule has 1 fully saturated rings. The van der Waals surface area contributed by atoms with E-state index >= 15 is 0 Å². The monoisotopic (exact) mass is 348 g/mol. The van der Waals surface area contributed by atoms with Gasteiger partial charge in [0.1, 0.15) is 24.9 Å². The van der Waals surface area contributed by atoms with Gasteiger partial charge in [0.15, 0.2) is 0 Å². The van der Waals surface area contributed by atoms with Crippen molar-refractivity contribution >= 4 is 5.82 Å². The van der Waals surface area contributed by atoms with E-state index in [1.54, 1.807) is 18.6 Å². The summed E-state index contributed by atoms with van der Waals surface area (Å²) < 4.78 is 19.1. The molecule has 0 aromatic carbocycles. The fraction of sp³-hybridized carbons (Fsp3) is 0.500. The lowest BCUT2D eigenvalue weighted by Gasteiger charge is -2.24. The van der Waals surface area contributed by atoms with Crippen LogP contribution in [0.1, 0.15) is 12.0 Å². The second kappa shape index (κ2) is 8.63. The van der Waals surface area contributed by atoms with Crippen LogP contribution in [0.4, 0.5) is 10.2 Å². The van der Waals surface area contributed by atoms with Crippen LogP contribution in [0.2, 0.25) is 0 Å². The highest BCUT2D eigenvalue weighted by molar-refractivity contribution is 5.33. The van der Waals surface area contributed by atoms with Gasteiger partial charge >= 0.3 is 0 Å². The first-order valence-electron chi connectivity index (χ1n) is 8.16. The third-order valence-electron chi connectivity index (χ3n) is 3.95. The zero-order valence-corrected chi connectivity index (χ0v) is 13.8. The minimum Gasteiger partial charge on any atom is -0.474 e. The Morgan fingerprint density at radius 2 is 2.08 bits per heavy atom. The van der Waals surface area contributed by atoms with E-state index in [0.717, 1.165) is 5.56 Å². The van der Waals surface area contributed by atoms with Crippen LogP contribution in [0.3, 0.4) is 0 Å². The summed E-state index contributed by atoms with van der Waals surface area (Å²) in [5.41, 5.74) is 0.959. The summed E-state index contributed by atoms with van der Waals surface area (Å²) in [6.07, 6.45) is 7.66. The van der Waals surface area contributed by atoms with Gasteiger partial charge in [-0.15, -0.1) is 0 Å². The number of rotatable bonds is 8. The topological polar surface area (TPSA) is 96.3 Å². The number of nitrogens with zero attached hydrogens (tertiary/aromatic N) is 5. The van der Waals surface area contributed by atoms with Crippen molar-refractivity contribution in [2.45, 2.75) is 25.2 Å². The zero-order valence-electron chi connectivity index (χ0n) is 13.8. The van der Waals surface area contributed by atoms with Gasteiger partial charge in [-0.3, -0.25) is 9.88 Å². The maximum Gasteiger partial charge on any atom is 0.234 e. The van der Waals surface area contributed by atoms with E-state index in [9.17, 15) is 4.39 Å². The molecule has 0 radical (unpaired) electrons. The number of aromatic nitrogens is 4. The largest absolute Gasteiger partial charge is 0.474 e. The Morgan fingerprint density at radius 1 is 1.24 bits per heavy atom. The van der Waals surface area contributed by atoms with E-state index in [-0.39, 0.29) is 19.3 Å². The van der Waals surface area contributed by atoms with Gasteiger partial charge in [-0.05, 0) is 6.42 Å². The van der Waals surface area contributed by atoms with E-state index in [4.69, 9.17) is 9.84 Å². The van der Waals surface area contributed by atoms with Gasteiger partial charge in [0.05, 0.1) is 19.0 Å². The van der Waals surface area contributed by atoms with Crippen LogP contribution in [0, 0.1) is 0 Å². The first-order chi connectivity index (χ1) is 12.2. The van der Waals surface area contributed by atoms with E-state index in [1.165, 1.54) is 12.5 Å². The Kier molecular flexibility index (Phi) is 6.02. The summed E-state index contributed by atoms with van der Waals surface area (Å²) in [5, 5.41) is 12.0. The van der Waals surface area contributed by atoms with Gasteiger partial charge in [-0.1, -0.05) is 0 Å². The maximum atomic E-state index is 13.9. The molecule has 0 unspecified atom stereocenters. The summed E-state index contributed by atoms with van der Waals surface area (Å²) in [5.74, 6) is 0.896. The molecule has 0 amide bonds. The molecule has 134 valence electrons. The normalized spacial score (nSPS) is 20.6. The zero-order chi connectivity index (χ0) is 17.5. The lowest BCUT2D eigenvalue weighted by Crippen LogP contribution is -2.34. The highest BCUT2D eigenvalue weighted by Crippen LogP contribution is 2.23. The predicted molar refractivity (Wildman–Crippen MR) is 88.8 cm³/mol. The van der Waals surface area contributed by atoms with E-state index < -0.39 is 6.17 Å². The van der Waals surface area contributed by atoms with Crippen molar-refractivity contribution < 1.29 is 14.2 Å². The Balaban J connectivity index is 1.57. The van der Waals surface area contributed by atoms with Gasteiger partial charge < -0.3 is 15.2 Å². The number of aliphatic hydroxyl groups is 1. The Bertz CT molecular complexity index is 662. The third kappa shape index (κ3) is 5.04. The van der Waals surface area contributed by atoms with Crippen molar-refractivity contribution in [3.05, 3.63) is 36.7 Å². The highest BCUT2D eigenvalue weighted by atomic mass is 19.1. The van der Waals surface area contributed by atoms with Crippen LogP contribution >= 0.6 is 0 Å². The molecule has 9 heteroatoms. The number of nitrogens with one attached hydrogen (secondary N) is 1. The summed E-state index contributed by atoms with van der Waals surface area (Å²) >= 11 is 0. The molecule has 25 heavy (non-hydrogen) atoms. The first kappa shape index (κ1) is 17.4. The van der Waals surface area contributed by atoms with Crippen LogP contribution in [-0.4, -0.2) is 68.5 Å². The molecule has 8 nitrogen and oxygen atoms in total. The van der Waals surface area contributed by atoms with Gasteiger partial charge in [-0.2, -0.15) is 4.98 Å². The van der Waals surface area contributed by atoms with Gasteiger partial charge in [0.25, 0.3) is 0 Å². The lowest BCUT2D eigenvalue weighted by atomic mass is 10.2. The fourth-order valence-corrected chi connectivity index (χ4v) is 2.85. The van der Waals surface area contributed by atoms with E-state index in [2.05, 4.69) is 30.2 Å². The number of anilines is 1. The minimum absolute atomic E-state index is 0.0408. The Hall–Kier alpha value is -2.39. The number of halogens is 1. The van der Waals surface area contributed by atoms with Crippen molar-refractivity contribution in [1.82, 2.24) is 24.8 Å². The average molecular weight is 348 g/mol. The Morgan fingerprint density at radius 3 is 2.88 bits per heavy atom. The number of alkyl halides is 1.